The Bertz CT molecular complexity index is 1440. The van der Waals surface area contributed by atoms with E-state index in [2.05, 4.69) is 53.7 Å². The molecule has 4 heterocycles. The van der Waals surface area contributed by atoms with Gasteiger partial charge < -0.3 is 24.8 Å². The van der Waals surface area contributed by atoms with Crippen LogP contribution >= 0.6 is 0 Å². The first kappa shape index (κ1) is 23.5. The molecule has 1 aliphatic rings. The monoisotopic (exact) mass is 486 g/mol. The van der Waals surface area contributed by atoms with Crippen LogP contribution in [0.15, 0.2) is 42.9 Å². The SMILES string of the molecule is [C-]#[N+]c1c(Nc2ccc(N3CCNCC3)cn2)ncnc1Oc1ccc2c(cc(C)n2C(C)C)c1F. The number of fused-ring (bicyclic) bond motifs is 1. The van der Waals surface area contributed by atoms with E-state index in [1.54, 1.807) is 18.3 Å². The maximum atomic E-state index is 15.4. The van der Waals surface area contributed by atoms with Gasteiger partial charge in [0, 0.05) is 43.3 Å². The first-order valence-corrected chi connectivity index (χ1v) is 11.9. The number of nitrogens with one attached hydrogen (secondary N) is 2. The normalized spacial score (nSPS) is 13.7. The van der Waals surface area contributed by atoms with Gasteiger partial charge in [0.25, 0.3) is 5.69 Å². The molecule has 184 valence electrons. The molecule has 4 aromatic rings. The molecule has 5 rings (SSSR count). The fraction of sp³-hybridized carbons (Fsp3) is 0.308. The Hall–Kier alpha value is -4.23. The highest BCUT2D eigenvalue weighted by Crippen LogP contribution is 2.38. The average Bonchev–Trinajstić information content (AvgIpc) is 3.24. The summed E-state index contributed by atoms with van der Waals surface area (Å²) in [4.78, 5) is 18.6. The van der Waals surface area contributed by atoms with E-state index in [0.29, 0.717) is 11.2 Å². The predicted octanol–water partition coefficient (Wildman–Crippen LogP) is 5.35. The van der Waals surface area contributed by atoms with Gasteiger partial charge in [-0.25, -0.2) is 24.2 Å². The number of aryl methyl sites for hydroxylation is 1. The zero-order chi connectivity index (χ0) is 25.2. The van der Waals surface area contributed by atoms with Gasteiger partial charge in [0.05, 0.1) is 24.0 Å². The van der Waals surface area contributed by atoms with Crippen LogP contribution in [0.25, 0.3) is 15.7 Å². The van der Waals surface area contributed by atoms with Crippen molar-refractivity contribution in [2.45, 2.75) is 26.8 Å². The van der Waals surface area contributed by atoms with Crippen molar-refractivity contribution in [3.8, 4) is 11.6 Å². The lowest BCUT2D eigenvalue weighted by Crippen LogP contribution is -2.43. The molecule has 0 amide bonds. The van der Waals surface area contributed by atoms with Crippen LogP contribution in [0.1, 0.15) is 25.6 Å². The smallest absolute Gasteiger partial charge is 0.288 e. The van der Waals surface area contributed by atoms with Gasteiger partial charge in [0.2, 0.25) is 5.88 Å². The standard InChI is InChI=1S/C26H27FN8O/c1-16(2)35-17(3)13-19-20(35)6-7-21(23(19)27)36-26-24(28-4)25(31-15-32-26)33-22-8-5-18(14-30-22)34-11-9-29-10-12-34/h5-8,13-16,29H,9-12H2,1-3H3,(H,30,31,32,33). The maximum absolute atomic E-state index is 15.4. The summed E-state index contributed by atoms with van der Waals surface area (Å²) < 4.78 is 23.3. The number of aromatic nitrogens is 4. The summed E-state index contributed by atoms with van der Waals surface area (Å²) in [5.74, 6) is 0.237. The maximum Gasteiger partial charge on any atom is 0.288 e. The molecule has 0 bridgehead atoms. The van der Waals surface area contributed by atoms with Crippen LogP contribution in [-0.2, 0) is 0 Å². The molecule has 1 aliphatic heterocycles. The molecule has 1 fully saturated rings. The lowest BCUT2D eigenvalue weighted by atomic mass is 10.2. The summed E-state index contributed by atoms with van der Waals surface area (Å²) in [5.41, 5.74) is 2.83. The van der Waals surface area contributed by atoms with Crippen LogP contribution in [0.4, 0.5) is 27.4 Å². The van der Waals surface area contributed by atoms with Crippen molar-refractivity contribution in [2.24, 2.45) is 0 Å². The minimum absolute atomic E-state index is 0.00328. The lowest BCUT2D eigenvalue weighted by molar-refractivity contribution is 0.432. The third-order valence-corrected chi connectivity index (χ3v) is 6.21. The van der Waals surface area contributed by atoms with Gasteiger partial charge in [-0.15, -0.1) is 0 Å². The van der Waals surface area contributed by atoms with Crippen LogP contribution in [0.5, 0.6) is 11.6 Å². The summed E-state index contributed by atoms with van der Waals surface area (Å²) in [6, 6.07) is 9.20. The number of halogens is 1. The molecule has 0 radical (unpaired) electrons. The summed E-state index contributed by atoms with van der Waals surface area (Å²) >= 11 is 0. The Morgan fingerprint density at radius 2 is 1.94 bits per heavy atom. The first-order valence-electron chi connectivity index (χ1n) is 11.9. The van der Waals surface area contributed by atoms with Gasteiger partial charge in [0.15, 0.2) is 11.6 Å². The van der Waals surface area contributed by atoms with E-state index in [9.17, 15) is 0 Å². The zero-order valence-corrected chi connectivity index (χ0v) is 20.4. The van der Waals surface area contributed by atoms with E-state index < -0.39 is 5.82 Å². The van der Waals surface area contributed by atoms with Crippen LogP contribution in [0.3, 0.4) is 0 Å². The Balaban J connectivity index is 1.40. The molecule has 1 aromatic carbocycles. The van der Waals surface area contributed by atoms with Crippen molar-refractivity contribution < 1.29 is 9.13 Å². The molecule has 3 aromatic heterocycles. The van der Waals surface area contributed by atoms with E-state index in [1.807, 2.05) is 25.1 Å². The highest BCUT2D eigenvalue weighted by molar-refractivity contribution is 5.84. The Kier molecular flexibility index (Phi) is 6.40. The Labute approximate surface area is 208 Å². The zero-order valence-electron chi connectivity index (χ0n) is 20.4. The van der Waals surface area contributed by atoms with Crippen molar-refractivity contribution in [3.63, 3.8) is 0 Å². The van der Waals surface area contributed by atoms with Gasteiger partial charge in [-0.05, 0) is 51.1 Å². The second kappa shape index (κ2) is 9.79. The molecule has 9 nitrogen and oxygen atoms in total. The molecule has 0 aliphatic carbocycles. The number of hydrogen-bond acceptors (Lipinski definition) is 7. The van der Waals surface area contributed by atoms with Gasteiger partial charge in [-0.2, -0.15) is 0 Å². The topological polar surface area (TPSA) is 84.5 Å². The number of benzene rings is 1. The largest absolute Gasteiger partial charge is 0.446 e. The van der Waals surface area contributed by atoms with E-state index >= 15 is 4.39 Å². The van der Waals surface area contributed by atoms with Crippen molar-refractivity contribution in [2.75, 3.05) is 36.4 Å². The number of rotatable bonds is 6. The summed E-state index contributed by atoms with van der Waals surface area (Å²) in [6.45, 7) is 17.5. The van der Waals surface area contributed by atoms with Crippen LogP contribution in [0, 0.1) is 19.3 Å². The number of anilines is 3. The van der Waals surface area contributed by atoms with Crippen molar-refractivity contribution >= 4 is 33.9 Å². The van der Waals surface area contributed by atoms with Crippen molar-refractivity contribution in [1.82, 2.24) is 24.8 Å². The summed E-state index contributed by atoms with van der Waals surface area (Å²) in [5, 5.41) is 6.86. The van der Waals surface area contributed by atoms with Gasteiger partial charge >= 0.3 is 0 Å². The molecule has 0 unspecified atom stereocenters. The Morgan fingerprint density at radius 1 is 1.14 bits per heavy atom. The highest BCUT2D eigenvalue weighted by atomic mass is 19.1. The van der Waals surface area contributed by atoms with Crippen molar-refractivity contribution in [1.29, 1.82) is 0 Å². The van der Waals surface area contributed by atoms with E-state index in [-0.39, 0.29) is 29.2 Å². The van der Waals surface area contributed by atoms with Crippen LogP contribution < -0.4 is 20.3 Å². The number of hydrogen-bond donors (Lipinski definition) is 2. The minimum Gasteiger partial charge on any atom is -0.446 e. The molecular formula is C26H27FN8O. The molecule has 36 heavy (non-hydrogen) atoms. The van der Waals surface area contributed by atoms with Crippen LogP contribution in [0.2, 0.25) is 0 Å². The molecule has 0 atom stereocenters. The minimum atomic E-state index is -0.496. The van der Waals surface area contributed by atoms with E-state index in [1.165, 1.54) is 6.33 Å². The Morgan fingerprint density at radius 3 is 2.64 bits per heavy atom. The van der Waals surface area contributed by atoms with E-state index in [4.69, 9.17) is 11.3 Å². The van der Waals surface area contributed by atoms with Gasteiger partial charge in [-0.1, -0.05) is 0 Å². The number of pyridine rings is 1. The average molecular weight is 487 g/mol. The summed E-state index contributed by atoms with van der Waals surface area (Å²) in [7, 11) is 0. The number of ether oxygens (including phenoxy) is 1. The quantitative estimate of drug-likeness (QED) is 0.355. The fourth-order valence-electron chi connectivity index (χ4n) is 4.57. The molecule has 10 heteroatoms. The number of piperazine rings is 1. The predicted molar refractivity (Wildman–Crippen MR) is 138 cm³/mol. The van der Waals surface area contributed by atoms with Gasteiger partial charge in [0.1, 0.15) is 18.0 Å². The first-order chi connectivity index (χ1) is 17.5. The second-order valence-corrected chi connectivity index (χ2v) is 8.91. The molecular weight excluding hydrogens is 459 g/mol. The molecule has 0 saturated carbocycles. The second-order valence-electron chi connectivity index (χ2n) is 8.91. The highest BCUT2D eigenvalue weighted by Gasteiger charge is 2.20. The molecule has 0 spiro atoms. The fourth-order valence-corrected chi connectivity index (χ4v) is 4.57. The molecule has 1 saturated heterocycles. The molecule has 2 N–H and O–H groups in total. The van der Waals surface area contributed by atoms with Crippen LogP contribution in [-0.4, -0.2) is 45.7 Å². The van der Waals surface area contributed by atoms with E-state index in [0.717, 1.165) is 43.1 Å². The van der Waals surface area contributed by atoms with Gasteiger partial charge in [-0.3, -0.25) is 0 Å². The lowest BCUT2D eigenvalue weighted by Gasteiger charge is -2.29. The number of nitrogens with zero attached hydrogens (tertiary/aromatic N) is 6. The van der Waals surface area contributed by atoms with Crippen molar-refractivity contribution in [3.05, 3.63) is 65.8 Å². The summed E-state index contributed by atoms with van der Waals surface area (Å²) in [6.07, 6.45) is 3.07. The third kappa shape index (κ3) is 4.41. The third-order valence-electron chi connectivity index (χ3n) is 6.21.